The Morgan fingerprint density at radius 2 is 2.38 bits per heavy atom. The highest BCUT2D eigenvalue weighted by atomic mass is 19.2. The van der Waals surface area contributed by atoms with Crippen LogP contribution in [0.2, 0.25) is 0 Å². The smallest absolute Gasteiger partial charge is 0.352 e. The molecule has 0 amide bonds. The summed E-state index contributed by atoms with van der Waals surface area (Å²) in [6.07, 6.45) is 0.117. The molecule has 0 unspecified atom stereocenters. The van der Waals surface area contributed by atoms with Crippen LogP contribution in [0.15, 0.2) is 5.21 Å². The molecule has 0 heterocycles. The summed E-state index contributed by atoms with van der Waals surface area (Å²) in [6, 6.07) is 0. The van der Waals surface area contributed by atoms with Gasteiger partial charge in [-0.3, -0.25) is 0 Å². The van der Waals surface area contributed by atoms with Crippen molar-refractivity contribution in [3.63, 3.8) is 0 Å². The predicted octanol–water partition coefficient (Wildman–Crippen LogP) is 0.806. The first-order chi connectivity index (χ1) is 3.72. The molecule has 0 atom stereocenters. The molecule has 0 fully saturated rings. The van der Waals surface area contributed by atoms with Crippen LogP contribution in [0.5, 0.6) is 0 Å². The maximum Gasteiger partial charge on any atom is 0.352 e. The van der Waals surface area contributed by atoms with E-state index in [4.69, 9.17) is 5.11 Å². The number of hydrogen-bond acceptors (Lipinski definition) is 2. The lowest BCUT2D eigenvalue weighted by Crippen LogP contribution is -2.09. The average molecular weight is 119 g/mol. The number of nitrogens with zero attached hydrogens (tertiary/aromatic N) is 1. The summed E-state index contributed by atoms with van der Waals surface area (Å²) < 4.78 is 11.1. The van der Waals surface area contributed by atoms with E-state index in [1.165, 1.54) is 6.92 Å². The molecule has 0 spiro atoms. The van der Waals surface area contributed by atoms with Crippen LogP contribution in [0.3, 0.4) is 0 Å². The van der Waals surface area contributed by atoms with Gasteiger partial charge < -0.3 is 5.11 Å². The zero-order valence-electron chi connectivity index (χ0n) is 4.39. The largest absolute Gasteiger partial charge is 0.477 e. The molecule has 0 bridgehead atoms. The lowest BCUT2D eigenvalue weighted by molar-refractivity contribution is -0.129. The van der Waals surface area contributed by atoms with E-state index in [9.17, 15) is 9.28 Å². The number of carboxylic acids is 1. The van der Waals surface area contributed by atoms with E-state index in [1.54, 1.807) is 0 Å². The van der Waals surface area contributed by atoms with Crippen molar-refractivity contribution in [3.05, 3.63) is 0 Å². The van der Waals surface area contributed by atoms with Crippen LogP contribution in [0.4, 0.5) is 4.48 Å². The monoisotopic (exact) mass is 119 g/mol. The van der Waals surface area contributed by atoms with Gasteiger partial charge in [-0.05, 0) is 6.42 Å². The van der Waals surface area contributed by atoms with E-state index in [0.29, 0.717) is 0 Å². The lowest BCUT2D eigenvalue weighted by Gasteiger charge is -1.86. The highest BCUT2D eigenvalue weighted by Crippen LogP contribution is 1.85. The van der Waals surface area contributed by atoms with Gasteiger partial charge in [-0.25, -0.2) is 4.79 Å². The maximum atomic E-state index is 11.1. The van der Waals surface area contributed by atoms with Gasteiger partial charge in [0.1, 0.15) is 0 Å². The standard InChI is InChI=1S/C4H6FNO2/c1-2-3(6-5)4(7)8/h2H2,1H3,(H,7,8). The molecule has 0 aliphatic rings. The molecule has 0 saturated heterocycles. The molecule has 0 aliphatic carbocycles. The van der Waals surface area contributed by atoms with E-state index in [0.717, 1.165) is 0 Å². The van der Waals surface area contributed by atoms with Crippen molar-refractivity contribution in [2.24, 2.45) is 5.21 Å². The van der Waals surface area contributed by atoms with Gasteiger partial charge in [0.25, 0.3) is 0 Å². The van der Waals surface area contributed by atoms with Gasteiger partial charge >= 0.3 is 5.97 Å². The molecule has 3 nitrogen and oxygen atoms in total. The maximum absolute atomic E-state index is 11.1. The summed E-state index contributed by atoms with van der Waals surface area (Å²) in [6.45, 7) is 1.52. The molecule has 0 aromatic heterocycles. The first-order valence-corrected chi connectivity index (χ1v) is 2.13. The molecule has 46 valence electrons. The van der Waals surface area contributed by atoms with Crippen LogP contribution in [0.25, 0.3) is 0 Å². The molecule has 0 aromatic carbocycles. The minimum atomic E-state index is -1.30. The van der Waals surface area contributed by atoms with Crippen LogP contribution < -0.4 is 0 Å². The van der Waals surface area contributed by atoms with Crippen molar-refractivity contribution in [2.75, 3.05) is 0 Å². The zero-order valence-corrected chi connectivity index (χ0v) is 4.39. The molecular formula is C4H6FNO2. The molecular weight excluding hydrogens is 113 g/mol. The van der Waals surface area contributed by atoms with Crippen LogP contribution in [-0.4, -0.2) is 16.8 Å². The topological polar surface area (TPSA) is 49.7 Å². The van der Waals surface area contributed by atoms with Gasteiger partial charge in [-0.2, -0.15) is 0 Å². The fourth-order valence-corrected chi connectivity index (χ4v) is 0.247. The van der Waals surface area contributed by atoms with Gasteiger partial charge in [-0.1, -0.05) is 16.6 Å². The highest BCUT2D eigenvalue weighted by Gasteiger charge is 2.04. The summed E-state index contributed by atoms with van der Waals surface area (Å²) in [7, 11) is 0. The molecule has 0 aliphatic heterocycles. The van der Waals surface area contributed by atoms with Gasteiger partial charge in [0.05, 0.1) is 0 Å². The van der Waals surface area contributed by atoms with E-state index >= 15 is 0 Å². The highest BCUT2D eigenvalue weighted by molar-refractivity contribution is 6.35. The van der Waals surface area contributed by atoms with Crippen molar-refractivity contribution in [1.82, 2.24) is 0 Å². The van der Waals surface area contributed by atoms with Crippen molar-refractivity contribution < 1.29 is 14.4 Å². The summed E-state index contributed by atoms with van der Waals surface area (Å²) in [5.41, 5.74) is -0.440. The zero-order chi connectivity index (χ0) is 6.57. The Kier molecular flexibility index (Phi) is 2.76. The first kappa shape index (κ1) is 7.07. The van der Waals surface area contributed by atoms with Crippen LogP contribution in [0.1, 0.15) is 13.3 Å². The average Bonchev–Trinajstić information content (AvgIpc) is 1.69. The summed E-state index contributed by atoms with van der Waals surface area (Å²) in [5, 5.41) is 10.0. The second-order valence-corrected chi connectivity index (χ2v) is 1.19. The van der Waals surface area contributed by atoms with Crippen molar-refractivity contribution in [3.8, 4) is 0 Å². The second kappa shape index (κ2) is 3.12. The number of aliphatic carboxylic acids is 1. The molecule has 0 saturated carbocycles. The van der Waals surface area contributed by atoms with Crippen LogP contribution >= 0.6 is 0 Å². The summed E-state index contributed by atoms with van der Waals surface area (Å²) in [4.78, 5) is 9.79. The number of carbonyl (C=O) groups is 1. The number of rotatable bonds is 2. The third-order valence-electron chi connectivity index (χ3n) is 0.684. The van der Waals surface area contributed by atoms with Crippen LogP contribution in [0, 0.1) is 0 Å². The third kappa shape index (κ3) is 1.68. The molecule has 0 radical (unpaired) electrons. The predicted molar refractivity (Wildman–Crippen MR) is 26.5 cm³/mol. The van der Waals surface area contributed by atoms with E-state index in [-0.39, 0.29) is 6.42 Å². The van der Waals surface area contributed by atoms with Crippen molar-refractivity contribution in [1.29, 1.82) is 0 Å². The Labute approximate surface area is 45.8 Å². The fourth-order valence-electron chi connectivity index (χ4n) is 0.247. The Balaban J connectivity index is 3.92. The van der Waals surface area contributed by atoms with Gasteiger partial charge in [0.15, 0.2) is 5.71 Å². The number of carboxylic acid groups (broad SMARTS) is 1. The summed E-state index contributed by atoms with van der Waals surface area (Å²) >= 11 is 0. The fraction of sp³-hybridized carbons (Fsp3) is 0.500. The minimum Gasteiger partial charge on any atom is -0.477 e. The molecule has 1 N–H and O–H groups in total. The number of hydrogen-bond donors (Lipinski definition) is 1. The molecule has 8 heavy (non-hydrogen) atoms. The quantitative estimate of drug-likeness (QED) is 0.546. The Bertz CT molecular complexity index is 121. The van der Waals surface area contributed by atoms with Gasteiger partial charge in [0.2, 0.25) is 0 Å². The molecule has 4 heteroatoms. The molecule has 0 rings (SSSR count). The Morgan fingerprint density at radius 3 is 2.38 bits per heavy atom. The molecule has 0 aromatic rings. The Morgan fingerprint density at radius 1 is 1.88 bits per heavy atom. The summed E-state index contributed by atoms with van der Waals surface area (Å²) in [5.74, 6) is -1.30. The minimum absolute atomic E-state index is 0.117. The normalized spacial score (nSPS) is 11.5. The SMILES string of the molecule is CCC(=NF)C(=O)O. The van der Waals surface area contributed by atoms with Crippen molar-refractivity contribution >= 4 is 11.7 Å². The van der Waals surface area contributed by atoms with Crippen molar-refractivity contribution in [2.45, 2.75) is 13.3 Å². The first-order valence-electron chi connectivity index (χ1n) is 2.13. The third-order valence-corrected chi connectivity index (χ3v) is 0.684. The van der Waals surface area contributed by atoms with Gasteiger partial charge in [-0.15, -0.1) is 0 Å². The van der Waals surface area contributed by atoms with E-state index in [1.807, 2.05) is 5.21 Å². The van der Waals surface area contributed by atoms with E-state index in [2.05, 4.69) is 0 Å². The number of halogens is 1. The second-order valence-electron chi connectivity index (χ2n) is 1.19. The Hall–Kier alpha value is -0.930. The van der Waals surface area contributed by atoms with Crippen LogP contribution in [-0.2, 0) is 4.79 Å². The van der Waals surface area contributed by atoms with E-state index < -0.39 is 11.7 Å². The lowest BCUT2D eigenvalue weighted by atomic mass is 10.3. The van der Waals surface area contributed by atoms with Gasteiger partial charge in [0, 0.05) is 0 Å².